The number of benzene rings is 1. The van der Waals surface area contributed by atoms with E-state index in [-0.39, 0.29) is 0 Å². The average molecular weight is 319 g/mol. The molecule has 0 bridgehead atoms. The first kappa shape index (κ1) is 18.4. The Kier molecular flexibility index (Phi) is 6.94. The average Bonchev–Trinajstić information content (AvgIpc) is 2.43. The quantitative estimate of drug-likeness (QED) is 0.643. The van der Waals surface area contributed by atoms with Crippen LogP contribution in [0.2, 0.25) is 0 Å². The highest BCUT2D eigenvalue weighted by atomic mass is 16.6. The number of alkyl carbamates (subject to hydrolysis) is 1. The fourth-order valence-corrected chi connectivity index (χ4v) is 1.53. The molecule has 0 spiro atoms. The van der Waals surface area contributed by atoms with Gasteiger partial charge < -0.3 is 19.9 Å². The topological polar surface area (TPSA) is 84.9 Å². The van der Waals surface area contributed by atoms with Crippen LogP contribution in [0.4, 0.5) is 4.79 Å². The van der Waals surface area contributed by atoms with Crippen molar-refractivity contribution in [2.75, 3.05) is 13.2 Å². The lowest BCUT2D eigenvalue weighted by molar-refractivity contribution is -0.139. The first-order valence-corrected chi connectivity index (χ1v) is 7.17. The number of ether oxygens (including phenoxy) is 2. The van der Waals surface area contributed by atoms with Crippen LogP contribution in [0.25, 0.3) is 0 Å². The van der Waals surface area contributed by atoms with Gasteiger partial charge in [-0.3, -0.25) is 0 Å². The van der Waals surface area contributed by atoms with Crippen molar-refractivity contribution >= 4 is 12.1 Å². The molecule has 0 fully saturated rings. The summed E-state index contributed by atoms with van der Waals surface area (Å²) in [7, 11) is 0. The fourth-order valence-electron chi connectivity index (χ4n) is 1.53. The van der Waals surface area contributed by atoms with Crippen molar-refractivity contribution < 1.29 is 24.2 Å². The molecule has 6 heteroatoms. The number of amides is 1. The van der Waals surface area contributed by atoms with Gasteiger partial charge in [-0.1, -0.05) is 24.0 Å². The van der Waals surface area contributed by atoms with Crippen molar-refractivity contribution in [1.82, 2.24) is 5.32 Å². The molecule has 0 unspecified atom stereocenters. The third-order valence-corrected chi connectivity index (χ3v) is 2.38. The molecule has 124 valence electrons. The van der Waals surface area contributed by atoms with Gasteiger partial charge in [-0.25, -0.2) is 9.59 Å². The minimum absolute atomic E-state index is 0.361. The Morgan fingerprint density at radius 3 is 2.61 bits per heavy atom. The summed E-state index contributed by atoms with van der Waals surface area (Å²) in [5.41, 5.74) is 0.0712. The van der Waals surface area contributed by atoms with Crippen LogP contribution in [-0.4, -0.2) is 35.9 Å². The van der Waals surface area contributed by atoms with Crippen molar-refractivity contribution in [2.45, 2.75) is 32.8 Å². The smallest absolute Gasteiger partial charge is 0.407 e. The SMILES string of the molecule is CC(C)(C)OC(=O)NCCC#Cc1ccccc1OCC(=O)O. The summed E-state index contributed by atoms with van der Waals surface area (Å²) in [5, 5.41) is 11.2. The zero-order valence-electron chi connectivity index (χ0n) is 13.5. The number of nitrogens with one attached hydrogen (secondary N) is 1. The largest absolute Gasteiger partial charge is 0.481 e. The van der Waals surface area contributed by atoms with Crippen LogP contribution < -0.4 is 10.1 Å². The van der Waals surface area contributed by atoms with Crippen molar-refractivity contribution in [2.24, 2.45) is 0 Å². The molecule has 0 atom stereocenters. The molecule has 2 N–H and O–H groups in total. The lowest BCUT2D eigenvalue weighted by atomic mass is 10.2. The number of carbonyl (C=O) groups is 2. The van der Waals surface area contributed by atoms with Crippen LogP contribution >= 0.6 is 0 Å². The van der Waals surface area contributed by atoms with E-state index in [2.05, 4.69) is 17.2 Å². The third-order valence-electron chi connectivity index (χ3n) is 2.38. The maximum absolute atomic E-state index is 11.4. The van der Waals surface area contributed by atoms with Gasteiger partial charge in [-0.15, -0.1) is 0 Å². The van der Waals surface area contributed by atoms with Crippen molar-refractivity contribution in [3.8, 4) is 17.6 Å². The molecule has 0 saturated carbocycles. The molecule has 0 saturated heterocycles. The van der Waals surface area contributed by atoms with Crippen LogP contribution in [-0.2, 0) is 9.53 Å². The zero-order chi connectivity index (χ0) is 17.3. The second kappa shape index (κ2) is 8.69. The zero-order valence-corrected chi connectivity index (χ0v) is 13.5. The molecule has 23 heavy (non-hydrogen) atoms. The van der Waals surface area contributed by atoms with Crippen LogP contribution in [0.3, 0.4) is 0 Å². The van der Waals surface area contributed by atoms with Crippen molar-refractivity contribution in [3.05, 3.63) is 29.8 Å². The molecule has 0 aromatic heterocycles. The Balaban J connectivity index is 2.48. The summed E-state index contributed by atoms with van der Waals surface area (Å²) in [5.74, 6) is 5.17. The Morgan fingerprint density at radius 2 is 1.96 bits per heavy atom. The highest BCUT2D eigenvalue weighted by molar-refractivity contribution is 5.68. The number of aliphatic carboxylic acids is 1. The number of para-hydroxylation sites is 1. The van der Waals surface area contributed by atoms with E-state index < -0.39 is 24.3 Å². The van der Waals surface area contributed by atoms with E-state index in [0.717, 1.165) is 0 Å². The number of carboxylic acids is 1. The molecule has 1 aromatic carbocycles. The summed E-state index contributed by atoms with van der Waals surface area (Å²) in [6, 6.07) is 6.93. The van der Waals surface area contributed by atoms with E-state index in [1.165, 1.54) is 0 Å². The molecule has 0 heterocycles. The van der Waals surface area contributed by atoms with Gasteiger partial charge in [0.25, 0.3) is 0 Å². The summed E-state index contributed by atoms with van der Waals surface area (Å²) in [6.07, 6.45) is -0.0449. The van der Waals surface area contributed by atoms with Crippen molar-refractivity contribution in [3.63, 3.8) is 0 Å². The summed E-state index contributed by atoms with van der Waals surface area (Å²) in [6.45, 7) is 5.32. The van der Waals surface area contributed by atoms with Gasteiger partial charge in [0, 0.05) is 13.0 Å². The molecular formula is C17H21NO5. The number of hydrogen-bond donors (Lipinski definition) is 2. The van der Waals surface area contributed by atoms with Crippen LogP contribution in [0.5, 0.6) is 5.75 Å². The number of rotatable bonds is 5. The summed E-state index contributed by atoms with van der Waals surface area (Å²) in [4.78, 5) is 22.0. The van der Waals surface area contributed by atoms with E-state index in [9.17, 15) is 9.59 Å². The second-order valence-electron chi connectivity index (χ2n) is 5.66. The predicted molar refractivity (Wildman–Crippen MR) is 85.3 cm³/mol. The number of hydrogen-bond acceptors (Lipinski definition) is 4. The first-order valence-electron chi connectivity index (χ1n) is 7.17. The van der Waals surface area contributed by atoms with E-state index >= 15 is 0 Å². The van der Waals surface area contributed by atoms with E-state index in [1.807, 2.05) is 0 Å². The summed E-state index contributed by atoms with van der Waals surface area (Å²) >= 11 is 0. The minimum Gasteiger partial charge on any atom is -0.481 e. The lowest BCUT2D eigenvalue weighted by Crippen LogP contribution is -2.32. The lowest BCUT2D eigenvalue weighted by Gasteiger charge is -2.19. The van der Waals surface area contributed by atoms with Gasteiger partial charge in [0.2, 0.25) is 0 Å². The first-order chi connectivity index (χ1) is 10.8. The van der Waals surface area contributed by atoms with Crippen LogP contribution in [0, 0.1) is 11.8 Å². The van der Waals surface area contributed by atoms with E-state index in [0.29, 0.717) is 24.3 Å². The Hall–Kier alpha value is -2.68. The minimum atomic E-state index is -1.05. The second-order valence-corrected chi connectivity index (χ2v) is 5.66. The van der Waals surface area contributed by atoms with Gasteiger partial charge in [0.1, 0.15) is 11.4 Å². The molecule has 1 rings (SSSR count). The standard InChI is InChI=1S/C17H21NO5/c1-17(2,3)23-16(21)18-11-7-6-9-13-8-4-5-10-14(13)22-12-15(19)20/h4-5,8,10H,7,11-12H2,1-3H3,(H,18,21)(H,19,20). The van der Waals surface area contributed by atoms with E-state index in [4.69, 9.17) is 14.6 Å². The molecule has 0 aliphatic carbocycles. The molecule has 0 aliphatic heterocycles. The third kappa shape index (κ3) is 8.37. The van der Waals surface area contributed by atoms with E-state index in [1.54, 1.807) is 45.0 Å². The van der Waals surface area contributed by atoms with Crippen LogP contribution in [0.15, 0.2) is 24.3 Å². The van der Waals surface area contributed by atoms with Gasteiger partial charge in [-0.05, 0) is 32.9 Å². The predicted octanol–water partition coefficient (Wildman–Crippen LogP) is 2.42. The number of carbonyl (C=O) groups excluding carboxylic acids is 1. The summed E-state index contributed by atoms with van der Waals surface area (Å²) < 4.78 is 10.3. The van der Waals surface area contributed by atoms with Crippen LogP contribution in [0.1, 0.15) is 32.8 Å². The molecule has 6 nitrogen and oxygen atoms in total. The van der Waals surface area contributed by atoms with Gasteiger partial charge in [0.15, 0.2) is 6.61 Å². The van der Waals surface area contributed by atoms with Crippen molar-refractivity contribution in [1.29, 1.82) is 0 Å². The molecule has 1 amide bonds. The molecule has 1 aromatic rings. The Morgan fingerprint density at radius 1 is 1.26 bits per heavy atom. The van der Waals surface area contributed by atoms with Gasteiger partial charge in [-0.2, -0.15) is 0 Å². The Labute approximate surface area is 135 Å². The molecule has 0 aliphatic rings. The Bertz CT molecular complexity index is 607. The fraction of sp³-hybridized carbons (Fsp3) is 0.412. The maximum Gasteiger partial charge on any atom is 0.407 e. The van der Waals surface area contributed by atoms with Gasteiger partial charge >= 0.3 is 12.1 Å². The maximum atomic E-state index is 11.4. The highest BCUT2D eigenvalue weighted by Gasteiger charge is 2.15. The molecule has 0 radical (unpaired) electrons. The highest BCUT2D eigenvalue weighted by Crippen LogP contribution is 2.16. The normalized spacial score (nSPS) is 10.2. The molecular weight excluding hydrogens is 298 g/mol. The van der Waals surface area contributed by atoms with Gasteiger partial charge in [0.05, 0.1) is 5.56 Å². The monoisotopic (exact) mass is 319 g/mol. The number of carboxylic acid groups (broad SMARTS) is 1.